The molecule has 1 amide bonds. The molecule has 0 spiro atoms. The lowest BCUT2D eigenvalue weighted by molar-refractivity contribution is -0.127. The van der Waals surface area contributed by atoms with E-state index in [1.54, 1.807) is 12.4 Å². The molecule has 2 saturated heterocycles. The summed E-state index contributed by atoms with van der Waals surface area (Å²) in [6.07, 6.45) is 5.61. The second-order valence-corrected chi connectivity index (χ2v) is 5.22. The Balaban J connectivity index is 0.00000147. The average Bonchev–Trinajstić information content (AvgIpc) is 2.93. The maximum atomic E-state index is 12.1. The highest BCUT2D eigenvalue weighted by atomic mass is 35.5. The first kappa shape index (κ1) is 15.2. The summed E-state index contributed by atoms with van der Waals surface area (Å²) in [6.45, 7) is 2.11. The number of carbonyl (C=O) groups excluding carboxylic acids is 1. The van der Waals surface area contributed by atoms with Gasteiger partial charge in [-0.3, -0.25) is 9.78 Å². The fraction of sp³-hybridized carbons (Fsp3) is 0.571. The van der Waals surface area contributed by atoms with E-state index in [9.17, 15) is 4.79 Å². The van der Waals surface area contributed by atoms with Crippen LogP contribution in [0.5, 0.6) is 0 Å². The molecule has 20 heavy (non-hydrogen) atoms. The van der Waals surface area contributed by atoms with Crippen LogP contribution in [0.4, 0.5) is 0 Å². The molecule has 5 nitrogen and oxygen atoms in total. The van der Waals surface area contributed by atoms with E-state index in [2.05, 4.69) is 15.6 Å². The number of fused-ring (bicyclic) bond motifs is 1. The molecule has 0 aromatic carbocycles. The maximum Gasteiger partial charge on any atom is 0.224 e. The predicted molar refractivity (Wildman–Crippen MR) is 77.6 cm³/mol. The number of rotatable bonds is 3. The van der Waals surface area contributed by atoms with Crippen LogP contribution in [0.25, 0.3) is 0 Å². The fourth-order valence-corrected chi connectivity index (χ4v) is 2.81. The smallest absolute Gasteiger partial charge is 0.224 e. The second kappa shape index (κ2) is 7.02. The van der Waals surface area contributed by atoms with Gasteiger partial charge in [-0.05, 0) is 24.5 Å². The molecule has 2 aliphatic rings. The number of hydrogen-bond donors (Lipinski definition) is 2. The Morgan fingerprint density at radius 2 is 2.45 bits per heavy atom. The van der Waals surface area contributed by atoms with Crippen molar-refractivity contribution in [1.82, 2.24) is 15.6 Å². The van der Waals surface area contributed by atoms with E-state index in [0.717, 1.165) is 31.6 Å². The van der Waals surface area contributed by atoms with Crippen LogP contribution in [0.2, 0.25) is 0 Å². The van der Waals surface area contributed by atoms with Gasteiger partial charge in [0.15, 0.2) is 0 Å². The van der Waals surface area contributed by atoms with Gasteiger partial charge < -0.3 is 15.4 Å². The summed E-state index contributed by atoms with van der Waals surface area (Å²) in [5.74, 6) is 0.112. The number of hydrogen-bond acceptors (Lipinski definition) is 4. The van der Waals surface area contributed by atoms with E-state index in [1.165, 1.54) is 0 Å². The number of piperidine rings is 1. The molecular formula is C14H20ClN3O2. The molecule has 2 fully saturated rings. The first-order chi connectivity index (χ1) is 9.33. The molecule has 3 heterocycles. The number of nitrogens with one attached hydrogen (secondary N) is 2. The van der Waals surface area contributed by atoms with Gasteiger partial charge in [-0.25, -0.2) is 0 Å². The molecule has 3 rings (SSSR count). The first-order valence-electron chi connectivity index (χ1n) is 6.84. The highest BCUT2D eigenvalue weighted by molar-refractivity contribution is 5.85. The molecule has 0 bridgehead atoms. The Morgan fingerprint density at radius 3 is 3.25 bits per heavy atom. The zero-order chi connectivity index (χ0) is 13.1. The Bertz CT molecular complexity index is 443. The molecule has 1 aromatic rings. The highest BCUT2D eigenvalue weighted by Gasteiger charge is 2.37. The van der Waals surface area contributed by atoms with Crippen molar-refractivity contribution in [3.63, 3.8) is 0 Å². The quantitative estimate of drug-likeness (QED) is 0.870. The first-order valence-corrected chi connectivity index (χ1v) is 6.84. The Kier molecular flexibility index (Phi) is 5.34. The minimum atomic E-state index is 0. The number of halogens is 1. The van der Waals surface area contributed by atoms with Crippen molar-refractivity contribution in [1.29, 1.82) is 0 Å². The fourth-order valence-electron chi connectivity index (χ4n) is 2.81. The summed E-state index contributed by atoms with van der Waals surface area (Å²) in [6, 6.07) is 4.28. The zero-order valence-corrected chi connectivity index (χ0v) is 12.1. The van der Waals surface area contributed by atoms with Crippen molar-refractivity contribution < 1.29 is 9.53 Å². The molecule has 0 aliphatic carbocycles. The van der Waals surface area contributed by atoms with Crippen LogP contribution >= 0.6 is 12.4 Å². The SMILES string of the molecule is Cl.O=C(NCc1cccnc1)[C@@H]1CN[C@@H]2CCO[C@@H]2C1. The normalized spacial score (nSPS) is 28.3. The summed E-state index contributed by atoms with van der Waals surface area (Å²) >= 11 is 0. The number of aromatic nitrogens is 1. The van der Waals surface area contributed by atoms with Crippen LogP contribution < -0.4 is 10.6 Å². The van der Waals surface area contributed by atoms with Gasteiger partial charge in [-0.2, -0.15) is 0 Å². The minimum Gasteiger partial charge on any atom is -0.377 e. The molecule has 2 aliphatic heterocycles. The van der Waals surface area contributed by atoms with Crippen molar-refractivity contribution in [2.75, 3.05) is 13.2 Å². The molecule has 1 aromatic heterocycles. The van der Waals surface area contributed by atoms with Crippen LogP contribution in [0.3, 0.4) is 0 Å². The number of carbonyl (C=O) groups is 1. The van der Waals surface area contributed by atoms with Crippen molar-refractivity contribution in [2.24, 2.45) is 5.92 Å². The lowest BCUT2D eigenvalue weighted by atomic mass is 9.91. The van der Waals surface area contributed by atoms with Gasteiger partial charge in [0.1, 0.15) is 0 Å². The minimum absolute atomic E-state index is 0. The molecule has 6 heteroatoms. The van der Waals surface area contributed by atoms with Gasteiger partial charge in [0.2, 0.25) is 5.91 Å². The van der Waals surface area contributed by atoms with Gasteiger partial charge in [-0.15, -0.1) is 12.4 Å². The third kappa shape index (κ3) is 3.48. The van der Waals surface area contributed by atoms with Crippen LogP contribution in [0, 0.1) is 5.92 Å². The summed E-state index contributed by atoms with van der Waals surface area (Å²) in [7, 11) is 0. The van der Waals surface area contributed by atoms with Gasteiger partial charge >= 0.3 is 0 Å². The Labute approximate surface area is 124 Å². The number of pyridine rings is 1. The van der Waals surface area contributed by atoms with Crippen molar-refractivity contribution in [2.45, 2.75) is 31.5 Å². The van der Waals surface area contributed by atoms with Gasteiger partial charge in [-0.1, -0.05) is 6.07 Å². The van der Waals surface area contributed by atoms with E-state index >= 15 is 0 Å². The molecular weight excluding hydrogens is 278 g/mol. The lowest BCUT2D eigenvalue weighted by Gasteiger charge is -2.31. The molecule has 3 atom stereocenters. The third-order valence-corrected chi connectivity index (χ3v) is 3.91. The molecule has 0 unspecified atom stereocenters. The lowest BCUT2D eigenvalue weighted by Crippen LogP contribution is -2.50. The van der Waals surface area contributed by atoms with Crippen LogP contribution in [0.15, 0.2) is 24.5 Å². The second-order valence-electron chi connectivity index (χ2n) is 5.22. The molecule has 110 valence electrons. The summed E-state index contributed by atoms with van der Waals surface area (Å²) in [5, 5.41) is 6.39. The Morgan fingerprint density at radius 1 is 1.55 bits per heavy atom. The van der Waals surface area contributed by atoms with Gasteiger partial charge in [0.25, 0.3) is 0 Å². The molecule has 2 N–H and O–H groups in total. The highest BCUT2D eigenvalue weighted by Crippen LogP contribution is 2.25. The monoisotopic (exact) mass is 297 g/mol. The summed E-state index contributed by atoms with van der Waals surface area (Å²) in [4.78, 5) is 16.2. The average molecular weight is 298 g/mol. The van der Waals surface area contributed by atoms with Crippen LogP contribution in [-0.2, 0) is 16.1 Å². The van der Waals surface area contributed by atoms with Crippen LogP contribution in [0.1, 0.15) is 18.4 Å². The van der Waals surface area contributed by atoms with E-state index in [0.29, 0.717) is 12.6 Å². The van der Waals surface area contributed by atoms with Crippen LogP contribution in [-0.4, -0.2) is 36.2 Å². The Hall–Kier alpha value is -1.17. The van der Waals surface area contributed by atoms with Crippen molar-refractivity contribution >= 4 is 18.3 Å². The molecule has 0 saturated carbocycles. The number of ether oxygens (including phenoxy) is 1. The third-order valence-electron chi connectivity index (χ3n) is 3.91. The van der Waals surface area contributed by atoms with E-state index in [1.807, 2.05) is 12.1 Å². The number of amides is 1. The maximum absolute atomic E-state index is 12.1. The predicted octanol–water partition coefficient (Wildman–Crippen LogP) is 0.887. The summed E-state index contributed by atoms with van der Waals surface area (Å²) in [5.41, 5.74) is 1.02. The van der Waals surface area contributed by atoms with E-state index < -0.39 is 0 Å². The standard InChI is InChI=1S/C14H19N3O2.ClH/c18-14(17-8-10-2-1-4-15-7-10)11-6-13-12(16-9-11)3-5-19-13;/h1-2,4,7,11-13,16H,3,5-6,8-9H2,(H,17,18);1H/t11-,12+,13+;/m0./s1. The van der Waals surface area contributed by atoms with Gasteiger partial charge in [0.05, 0.1) is 12.0 Å². The largest absolute Gasteiger partial charge is 0.377 e. The summed E-state index contributed by atoms with van der Waals surface area (Å²) < 4.78 is 5.65. The zero-order valence-electron chi connectivity index (χ0n) is 11.2. The number of nitrogens with zero attached hydrogens (tertiary/aromatic N) is 1. The van der Waals surface area contributed by atoms with E-state index in [4.69, 9.17) is 4.74 Å². The van der Waals surface area contributed by atoms with E-state index in [-0.39, 0.29) is 30.3 Å². The van der Waals surface area contributed by atoms with Crippen molar-refractivity contribution in [3.8, 4) is 0 Å². The van der Waals surface area contributed by atoms with Gasteiger partial charge in [0, 0.05) is 38.1 Å². The topological polar surface area (TPSA) is 63.2 Å². The molecule has 0 radical (unpaired) electrons. The van der Waals surface area contributed by atoms with Crippen molar-refractivity contribution in [3.05, 3.63) is 30.1 Å².